The standard InChI is InChI=1S/C11H23NO2/c1-4-13-9-10(12-3)11(2)7-5-6-8-14-11/h10,12H,4-9H2,1-3H3. The third-order valence-corrected chi connectivity index (χ3v) is 3.07. The predicted octanol–water partition coefficient (Wildman–Crippen LogP) is 1.57. The van der Waals surface area contributed by atoms with Crippen LogP contribution in [0.25, 0.3) is 0 Å². The lowest BCUT2D eigenvalue weighted by Crippen LogP contribution is -2.53. The molecular formula is C11H23NO2. The van der Waals surface area contributed by atoms with Crippen LogP contribution >= 0.6 is 0 Å². The minimum Gasteiger partial charge on any atom is -0.380 e. The molecule has 2 unspecified atom stereocenters. The van der Waals surface area contributed by atoms with Gasteiger partial charge in [-0.3, -0.25) is 0 Å². The summed E-state index contributed by atoms with van der Waals surface area (Å²) in [6, 6.07) is 0.308. The summed E-state index contributed by atoms with van der Waals surface area (Å²) in [5.74, 6) is 0. The van der Waals surface area contributed by atoms with Crippen LogP contribution in [0, 0.1) is 0 Å². The summed E-state index contributed by atoms with van der Waals surface area (Å²) in [6.45, 7) is 6.61. The summed E-state index contributed by atoms with van der Waals surface area (Å²) in [7, 11) is 1.98. The highest BCUT2D eigenvalue weighted by molar-refractivity contribution is 4.90. The van der Waals surface area contributed by atoms with Crippen LogP contribution in [-0.4, -0.2) is 38.5 Å². The molecule has 1 fully saturated rings. The van der Waals surface area contributed by atoms with Gasteiger partial charge in [0.2, 0.25) is 0 Å². The van der Waals surface area contributed by atoms with E-state index in [1.54, 1.807) is 0 Å². The fourth-order valence-electron chi connectivity index (χ4n) is 2.03. The van der Waals surface area contributed by atoms with E-state index in [0.29, 0.717) is 6.04 Å². The number of ether oxygens (including phenoxy) is 2. The van der Waals surface area contributed by atoms with Crippen LogP contribution in [0.4, 0.5) is 0 Å². The third-order valence-electron chi connectivity index (χ3n) is 3.07. The molecule has 84 valence electrons. The van der Waals surface area contributed by atoms with Gasteiger partial charge in [0, 0.05) is 13.2 Å². The molecule has 0 spiro atoms. The van der Waals surface area contributed by atoms with E-state index < -0.39 is 0 Å². The van der Waals surface area contributed by atoms with Crippen molar-refractivity contribution in [3.8, 4) is 0 Å². The van der Waals surface area contributed by atoms with Crippen molar-refractivity contribution in [2.24, 2.45) is 0 Å². The average Bonchev–Trinajstić information content (AvgIpc) is 2.20. The Morgan fingerprint density at radius 3 is 2.79 bits per heavy atom. The van der Waals surface area contributed by atoms with Gasteiger partial charge in [0.15, 0.2) is 0 Å². The Labute approximate surface area is 87.2 Å². The SMILES string of the molecule is CCOCC(NC)C1(C)CCCCO1. The summed E-state index contributed by atoms with van der Waals surface area (Å²) in [5.41, 5.74) is -0.0395. The van der Waals surface area contributed by atoms with E-state index in [0.717, 1.165) is 26.2 Å². The first-order valence-electron chi connectivity index (χ1n) is 5.62. The molecule has 2 atom stereocenters. The summed E-state index contributed by atoms with van der Waals surface area (Å²) >= 11 is 0. The Morgan fingerprint density at radius 1 is 1.50 bits per heavy atom. The van der Waals surface area contributed by atoms with Gasteiger partial charge >= 0.3 is 0 Å². The zero-order valence-electron chi connectivity index (χ0n) is 9.64. The molecule has 3 nitrogen and oxygen atoms in total. The van der Waals surface area contributed by atoms with Gasteiger partial charge < -0.3 is 14.8 Å². The normalized spacial score (nSPS) is 30.2. The first-order chi connectivity index (χ1) is 6.73. The molecule has 0 aromatic carbocycles. The number of hydrogen-bond donors (Lipinski definition) is 1. The minimum atomic E-state index is -0.0395. The van der Waals surface area contributed by atoms with Crippen molar-refractivity contribution in [2.45, 2.75) is 44.8 Å². The van der Waals surface area contributed by atoms with Crippen LogP contribution < -0.4 is 5.32 Å². The first kappa shape index (κ1) is 12.0. The zero-order chi connectivity index (χ0) is 10.4. The summed E-state index contributed by atoms with van der Waals surface area (Å²) in [6.07, 6.45) is 3.59. The van der Waals surface area contributed by atoms with E-state index in [-0.39, 0.29) is 5.60 Å². The number of rotatable bonds is 5. The van der Waals surface area contributed by atoms with Crippen LogP contribution in [0.2, 0.25) is 0 Å². The summed E-state index contributed by atoms with van der Waals surface area (Å²) in [4.78, 5) is 0. The maximum atomic E-state index is 5.87. The Kier molecular flexibility index (Phi) is 4.85. The van der Waals surface area contributed by atoms with E-state index in [2.05, 4.69) is 12.2 Å². The number of hydrogen-bond acceptors (Lipinski definition) is 3. The molecule has 0 aliphatic carbocycles. The molecule has 1 saturated heterocycles. The fourth-order valence-corrected chi connectivity index (χ4v) is 2.03. The molecule has 0 aromatic heterocycles. The first-order valence-corrected chi connectivity index (χ1v) is 5.62. The highest BCUT2D eigenvalue weighted by Gasteiger charge is 2.35. The van der Waals surface area contributed by atoms with Gasteiger partial charge in [0.25, 0.3) is 0 Å². The molecule has 1 rings (SSSR count). The van der Waals surface area contributed by atoms with Gasteiger partial charge in [0.05, 0.1) is 18.2 Å². The van der Waals surface area contributed by atoms with Crippen molar-refractivity contribution < 1.29 is 9.47 Å². The molecule has 0 aromatic rings. The van der Waals surface area contributed by atoms with Gasteiger partial charge in [-0.25, -0.2) is 0 Å². The van der Waals surface area contributed by atoms with Crippen molar-refractivity contribution >= 4 is 0 Å². The molecule has 1 aliphatic rings. The number of likely N-dealkylation sites (N-methyl/N-ethyl adjacent to an activating group) is 1. The van der Waals surface area contributed by atoms with Crippen molar-refractivity contribution in [3.05, 3.63) is 0 Å². The van der Waals surface area contributed by atoms with Crippen LogP contribution in [0.5, 0.6) is 0 Å². The Hall–Kier alpha value is -0.120. The Morgan fingerprint density at radius 2 is 2.29 bits per heavy atom. The lowest BCUT2D eigenvalue weighted by Gasteiger charge is -2.40. The molecule has 1 aliphatic heterocycles. The largest absolute Gasteiger partial charge is 0.380 e. The van der Waals surface area contributed by atoms with E-state index >= 15 is 0 Å². The molecule has 0 bridgehead atoms. The smallest absolute Gasteiger partial charge is 0.0829 e. The van der Waals surface area contributed by atoms with E-state index in [9.17, 15) is 0 Å². The lowest BCUT2D eigenvalue weighted by atomic mass is 9.88. The minimum absolute atomic E-state index is 0.0395. The highest BCUT2D eigenvalue weighted by atomic mass is 16.5. The Balaban J connectivity index is 2.47. The maximum absolute atomic E-state index is 5.87. The van der Waals surface area contributed by atoms with E-state index in [4.69, 9.17) is 9.47 Å². The lowest BCUT2D eigenvalue weighted by molar-refractivity contribution is -0.101. The van der Waals surface area contributed by atoms with Gasteiger partial charge in [-0.1, -0.05) is 0 Å². The molecular weight excluding hydrogens is 178 g/mol. The van der Waals surface area contributed by atoms with Crippen molar-refractivity contribution in [3.63, 3.8) is 0 Å². The van der Waals surface area contributed by atoms with E-state index in [1.165, 1.54) is 12.8 Å². The van der Waals surface area contributed by atoms with Gasteiger partial charge in [-0.2, -0.15) is 0 Å². The maximum Gasteiger partial charge on any atom is 0.0829 e. The van der Waals surface area contributed by atoms with Crippen molar-refractivity contribution in [2.75, 3.05) is 26.9 Å². The third kappa shape index (κ3) is 2.94. The second kappa shape index (κ2) is 5.69. The molecule has 3 heteroatoms. The quantitative estimate of drug-likeness (QED) is 0.732. The second-order valence-electron chi connectivity index (χ2n) is 4.12. The van der Waals surface area contributed by atoms with Crippen LogP contribution in [-0.2, 0) is 9.47 Å². The molecule has 14 heavy (non-hydrogen) atoms. The predicted molar refractivity (Wildman–Crippen MR) is 57.5 cm³/mol. The van der Waals surface area contributed by atoms with Gasteiger partial charge in [-0.15, -0.1) is 0 Å². The van der Waals surface area contributed by atoms with Crippen molar-refractivity contribution in [1.82, 2.24) is 5.32 Å². The highest BCUT2D eigenvalue weighted by Crippen LogP contribution is 2.27. The van der Waals surface area contributed by atoms with Crippen LogP contribution in [0.15, 0.2) is 0 Å². The number of nitrogens with one attached hydrogen (secondary N) is 1. The molecule has 0 radical (unpaired) electrons. The monoisotopic (exact) mass is 201 g/mol. The van der Waals surface area contributed by atoms with Crippen LogP contribution in [0.1, 0.15) is 33.1 Å². The molecule has 0 saturated carbocycles. The second-order valence-corrected chi connectivity index (χ2v) is 4.12. The average molecular weight is 201 g/mol. The van der Waals surface area contributed by atoms with Crippen LogP contribution in [0.3, 0.4) is 0 Å². The summed E-state index contributed by atoms with van der Waals surface area (Å²) in [5, 5.41) is 3.30. The summed E-state index contributed by atoms with van der Waals surface area (Å²) < 4.78 is 11.3. The van der Waals surface area contributed by atoms with E-state index in [1.807, 2.05) is 14.0 Å². The fraction of sp³-hybridized carbons (Fsp3) is 1.00. The van der Waals surface area contributed by atoms with Crippen molar-refractivity contribution in [1.29, 1.82) is 0 Å². The zero-order valence-corrected chi connectivity index (χ0v) is 9.64. The van der Waals surface area contributed by atoms with Gasteiger partial charge in [0.1, 0.15) is 0 Å². The molecule has 1 N–H and O–H groups in total. The van der Waals surface area contributed by atoms with Gasteiger partial charge in [-0.05, 0) is 40.2 Å². The molecule has 1 heterocycles. The molecule has 0 amide bonds. The Bertz CT molecular complexity index is 155. The topological polar surface area (TPSA) is 30.5 Å².